The second-order valence-corrected chi connectivity index (χ2v) is 8.68. The van der Waals surface area contributed by atoms with Crippen LogP contribution in [0.2, 0.25) is 0 Å². The fourth-order valence-corrected chi connectivity index (χ4v) is 4.15. The number of rotatable bonds is 6. The van der Waals surface area contributed by atoms with Gasteiger partial charge in [-0.3, -0.25) is 10.2 Å². The van der Waals surface area contributed by atoms with Gasteiger partial charge in [0.1, 0.15) is 22.2 Å². The average Bonchev–Trinajstić information content (AvgIpc) is 2.84. The number of amidine groups is 1. The molecule has 0 saturated carbocycles. The molecule has 0 aliphatic rings. The number of anilines is 1. The van der Waals surface area contributed by atoms with Crippen molar-refractivity contribution < 1.29 is 21.5 Å². The summed E-state index contributed by atoms with van der Waals surface area (Å²) in [5.41, 5.74) is 6.93. The van der Waals surface area contributed by atoms with Crippen molar-refractivity contribution >= 4 is 27.7 Å². The number of nitrogens with zero attached hydrogens (tertiary/aromatic N) is 2. The minimum absolute atomic E-state index is 0.134. The first-order valence-corrected chi connectivity index (χ1v) is 11.4. The van der Waals surface area contributed by atoms with E-state index in [4.69, 9.17) is 11.1 Å². The first-order chi connectivity index (χ1) is 16.6. The lowest BCUT2D eigenvalue weighted by Gasteiger charge is -2.11. The molecular weight excluding hydrogens is 476 g/mol. The van der Waals surface area contributed by atoms with Crippen LogP contribution in [-0.2, 0) is 10.2 Å². The van der Waals surface area contributed by atoms with Crippen molar-refractivity contribution in [2.24, 2.45) is 5.73 Å². The Morgan fingerprint density at radius 1 is 0.943 bits per heavy atom. The van der Waals surface area contributed by atoms with Crippen molar-refractivity contribution in [3.63, 3.8) is 0 Å². The minimum Gasteiger partial charge on any atom is -0.384 e. The monoisotopic (exact) mass is 493 g/mol. The van der Waals surface area contributed by atoms with Gasteiger partial charge in [-0.15, -0.1) is 8.98 Å². The second kappa shape index (κ2) is 9.39. The van der Waals surface area contributed by atoms with E-state index in [-0.39, 0.29) is 22.4 Å². The van der Waals surface area contributed by atoms with E-state index in [2.05, 4.69) is 15.5 Å². The Morgan fingerprint density at radius 3 is 2.31 bits per heavy atom. The molecule has 0 radical (unpaired) electrons. The molecule has 0 aliphatic carbocycles. The molecule has 0 unspecified atom stereocenters. The molecule has 35 heavy (non-hydrogen) atoms. The predicted molar refractivity (Wildman–Crippen MR) is 127 cm³/mol. The van der Waals surface area contributed by atoms with Gasteiger partial charge in [0.2, 0.25) is 0 Å². The largest absolute Gasteiger partial charge is 0.384 e. The quantitative estimate of drug-likeness (QED) is 0.210. The summed E-state index contributed by atoms with van der Waals surface area (Å²) in [7, 11) is -4.92. The predicted octanol–water partition coefficient (Wildman–Crippen LogP) is 4.14. The van der Waals surface area contributed by atoms with Crippen LogP contribution in [0.3, 0.4) is 0 Å². The van der Waals surface area contributed by atoms with E-state index < -0.39 is 32.7 Å². The number of hydrogen-bond donors (Lipinski definition) is 3. The average molecular weight is 493 g/mol. The standard InChI is InChI=1S/C24H17F2N5O3S/c25-20-10-7-15(13-19(20)23(27)28)22-18(11-12-29-31-22)24(32)30-16-8-5-14(6-9-16)17-3-1-2-4-21(17)35(26,33)34/h1-13H,(H3,27,28)(H,30,32). The zero-order valence-electron chi connectivity index (χ0n) is 17.9. The van der Waals surface area contributed by atoms with Gasteiger partial charge in [-0.2, -0.15) is 13.5 Å². The lowest BCUT2D eigenvalue weighted by molar-refractivity contribution is 0.102. The summed E-state index contributed by atoms with van der Waals surface area (Å²) in [5.74, 6) is -1.69. The highest BCUT2D eigenvalue weighted by Crippen LogP contribution is 2.30. The minimum atomic E-state index is -4.92. The first kappa shape index (κ1) is 23.6. The number of carbonyl (C=O) groups is 1. The maximum Gasteiger partial charge on any atom is 0.332 e. The maximum absolute atomic E-state index is 13.9. The van der Waals surface area contributed by atoms with Gasteiger partial charge >= 0.3 is 10.2 Å². The van der Waals surface area contributed by atoms with Crippen LogP contribution in [0.1, 0.15) is 15.9 Å². The van der Waals surface area contributed by atoms with Gasteiger partial charge in [-0.05, 0) is 48.0 Å². The van der Waals surface area contributed by atoms with Crippen LogP contribution < -0.4 is 11.1 Å². The Balaban J connectivity index is 1.62. The molecule has 1 amide bonds. The van der Waals surface area contributed by atoms with Gasteiger partial charge in [-0.1, -0.05) is 30.3 Å². The number of aromatic nitrogens is 2. The number of amides is 1. The molecule has 0 spiro atoms. The summed E-state index contributed by atoms with van der Waals surface area (Å²) in [5, 5.41) is 18.0. The fraction of sp³-hybridized carbons (Fsp3) is 0. The van der Waals surface area contributed by atoms with Gasteiger partial charge in [0, 0.05) is 16.8 Å². The Kier molecular flexibility index (Phi) is 6.34. The molecule has 1 heterocycles. The molecule has 4 N–H and O–H groups in total. The van der Waals surface area contributed by atoms with Gasteiger partial charge < -0.3 is 11.1 Å². The summed E-state index contributed by atoms with van der Waals surface area (Å²) < 4.78 is 50.5. The number of hydrogen-bond acceptors (Lipinski definition) is 6. The van der Waals surface area contributed by atoms with Crippen LogP contribution in [0.4, 0.5) is 14.0 Å². The molecule has 0 atom stereocenters. The third-order valence-electron chi connectivity index (χ3n) is 5.10. The topological polar surface area (TPSA) is 139 Å². The molecule has 11 heteroatoms. The molecule has 3 aromatic carbocycles. The molecule has 1 aromatic heterocycles. The normalized spacial score (nSPS) is 11.1. The van der Waals surface area contributed by atoms with Crippen molar-refractivity contribution in [1.82, 2.24) is 10.2 Å². The van der Waals surface area contributed by atoms with Crippen LogP contribution in [-0.4, -0.2) is 30.4 Å². The maximum atomic E-state index is 13.9. The highest BCUT2D eigenvalue weighted by atomic mass is 32.3. The van der Waals surface area contributed by atoms with Crippen molar-refractivity contribution in [2.45, 2.75) is 4.90 Å². The molecule has 0 bridgehead atoms. The number of benzene rings is 3. The molecular formula is C24H17F2N5O3S. The smallest absolute Gasteiger partial charge is 0.332 e. The summed E-state index contributed by atoms with van der Waals surface area (Å²) in [6.07, 6.45) is 1.32. The Bertz CT molecular complexity index is 1560. The Hall–Kier alpha value is -4.51. The Morgan fingerprint density at radius 2 is 1.63 bits per heavy atom. The van der Waals surface area contributed by atoms with E-state index in [9.17, 15) is 21.5 Å². The molecule has 4 rings (SSSR count). The lowest BCUT2D eigenvalue weighted by Crippen LogP contribution is -2.15. The van der Waals surface area contributed by atoms with Crippen LogP contribution in [0.5, 0.6) is 0 Å². The summed E-state index contributed by atoms with van der Waals surface area (Å²) in [6, 6.07) is 17.1. The number of halogens is 2. The van der Waals surface area contributed by atoms with Crippen molar-refractivity contribution in [1.29, 1.82) is 5.41 Å². The third kappa shape index (κ3) is 5.04. The Labute approximate surface area is 199 Å². The van der Waals surface area contributed by atoms with E-state index in [1.807, 2.05) is 0 Å². The van der Waals surface area contributed by atoms with Gasteiger partial charge in [-0.25, -0.2) is 4.39 Å². The summed E-state index contributed by atoms with van der Waals surface area (Å²) in [6.45, 7) is 0. The zero-order valence-corrected chi connectivity index (χ0v) is 18.7. The van der Waals surface area contributed by atoms with Gasteiger partial charge in [0.25, 0.3) is 5.91 Å². The van der Waals surface area contributed by atoms with Gasteiger partial charge in [0.15, 0.2) is 0 Å². The molecule has 0 aliphatic heterocycles. The second-order valence-electron chi connectivity index (χ2n) is 7.37. The molecule has 8 nitrogen and oxygen atoms in total. The number of nitrogens with two attached hydrogens (primary N) is 1. The van der Waals surface area contributed by atoms with Gasteiger partial charge in [0.05, 0.1) is 17.3 Å². The first-order valence-electron chi connectivity index (χ1n) is 10.1. The number of carbonyl (C=O) groups excluding carboxylic acids is 1. The molecule has 176 valence electrons. The lowest BCUT2D eigenvalue weighted by atomic mass is 10.0. The van der Waals surface area contributed by atoms with E-state index in [1.54, 1.807) is 18.2 Å². The third-order valence-corrected chi connectivity index (χ3v) is 5.98. The van der Waals surface area contributed by atoms with Crippen LogP contribution in [0.25, 0.3) is 22.4 Å². The van der Waals surface area contributed by atoms with E-state index in [0.717, 1.165) is 6.07 Å². The summed E-state index contributed by atoms with van der Waals surface area (Å²) in [4.78, 5) is 12.5. The molecule has 4 aromatic rings. The van der Waals surface area contributed by atoms with Crippen molar-refractivity contribution in [3.05, 3.63) is 95.9 Å². The SMILES string of the molecule is N=C(N)c1cc(-c2nnccc2C(=O)Nc2ccc(-c3ccccc3S(=O)(=O)F)cc2)ccc1F. The molecule has 0 fully saturated rings. The summed E-state index contributed by atoms with van der Waals surface area (Å²) >= 11 is 0. The van der Waals surface area contributed by atoms with Crippen molar-refractivity contribution in [2.75, 3.05) is 5.32 Å². The van der Waals surface area contributed by atoms with Crippen LogP contribution in [0.15, 0.2) is 83.9 Å². The number of nitrogen functional groups attached to an aromatic ring is 1. The fourth-order valence-electron chi connectivity index (χ4n) is 3.46. The molecule has 0 saturated heterocycles. The van der Waals surface area contributed by atoms with E-state index >= 15 is 0 Å². The van der Waals surface area contributed by atoms with Crippen LogP contribution in [0, 0.1) is 11.2 Å². The van der Waals surface area contributed by atoms with Crippen molar-refractivity contribution in [3.8, 4) is 22.4 Å². The van der Waals surface area contributed by atoms with E-state index in [1.165, 1.54) is 54.7 Å². The van der Waals surface area contributed by atoms with E-state index in [0.29, 0.717) is 16.8 Å². The highest BCUT2D eigenvalue weighted by Gasteiger charge is 2.19. The zero-order chi connectivity index (χ0) is 25.2. The highest BCUT2D eigenvalue weighted by molar-refractivity contribution is 7.86. The van der Waals surface area contributed by atoms with Crippen LogP contribution >= 0.6 is 0 Å². The number of nitrogens with one attached hydrogen (secondary N) is 2.